The topological polar surface area (TPSA) is 38.3 Å². The second kappa shape index (κ2) is 6.09. The fourth-order valence-electron chi connectivity index (χ4n) is 1.43. The number of hydrogen-bond acceptors (Lipinski definition) is 3. The molecule has 0 saturated heterocycles. The van der Waals surface area contributed by atoms with E-state index < -0.39 is 11.7 Å². The number of anilines is 1. The maximum atomic E-state index is 13.1. The third-order valence-corrected chi connectivity index (χ3v) is 2.31. The van der Waals surface area contributed by atoms with Crippen LogP contribution in [0.2, 0.25) is 0 Å². The summed E-state index contributed by atoms with van der Waals surface area (Å²) >= 11 is 4.11. The van der Waals surface area contributed by atoms with Gasteiger partial charge in [0.2, 0.25) is 0 Å². The highest BCUT2D eigenvalue weighted by atomic mass is 32.1. The fourth-order valence-corrected chi connectivity index (χ4v) is 1.67. The van der Waals surface area contributed by atoms with Crippen LogP contribution in [0.3, 0.4) is 0 Å². The standard InChI is InChI=1S/C13H18FNO2S/c1-13(2,3)17-12(16)15-11-5-4-10(14)8-9(11)6-7-18/h4-5,8,18H,6-7H2,1-3H3,(H,15,16). The summed E-state index contributed by atoms with van der Waals surface area (Å²) in [7, 11) is 0. The largest absolute Gasteiger partial charge is 0.444 e. The zero-order chi connectivity index (χ0) is 13.8. The van der Waals surface area contributed by atoms with E-state index in [1.54, 1.807) is 20.8 Å². The maximum absolute atomic E-state index is 13.1. The number of thiol groups is 1. The first kappa shape index (κ1) is 14.8. The molecule has 100 valence electrons. The van der Waals surface area contributed by atoms with Crippen LogP contribution in [0.4, 0.5) is 14.9 Å². The average molecular weight is 271 g/mol. The Morgan fingerprint density at radius 1 is 1.44 bits per heavy atom. The number of nitrogens with one attached hydrogen (secondary N) is 1. The number of rotatable bonds is 3. The van der Waals surface area contributed by atoms with Crippen molar-refractivity contribution in [2.24, 2.45) is 0 Å². The molecule has 18 heavy (non-hydrogen) atoms. The Kier molecular flexibility index (Phi) is 5.02. The van der Waals surface area contributed by atoms with E-state index in [0.29, 0.717) is 23.4 Å². The van der Waals surface area contributed by atoms with Gasteiger partial charge in [-0.2, -0.15) is 12.6 Å². The van der Waals surface area contributed by atoms with Gasteiger partial charge >= 0.3 is 6.09 Å². The van der Waals surface area contributed by atoms with Crippen molar-refractivity contribution in [1.29, 1.82) is 0 Å². The van der Waals surface area contributed by atoms with Crippen LogP contribution in [-0.2, 0) is 11.2 Å². The predicted octanol–water partition coefficient (Wildman–Crippen LogP) is 3.65. The van der Waals surface area contributed by atoms with Crippen molar-refractivity contribution in [1.82, 2.24) is 0 Å². The highest BCUT2D eigenvalue weighted by molar-refractivity contribution is 7.80. The Hall–Kier alpha value is -1.23. The molecule has 0 bridgehead atoms. The number of ether oxygens (including phenoxy) is 1. The van der Waals surface area contributed by atoms with E-state index in [1.807, 2.05) is 0 Å². The zero-order valence-corrected chi connectivity index (χ0v) is 11.7. The average Bonchev–Trinajstić information content (AvgIpc) is 2.20. The molecule has 0 aliphatic rings. The lowest BCUT2D eigenvalue weighted by Crippen LogP contribution is -2.27. The highest BCUT2D eigenvalue weighted by Gasteiger charge is 2.17. The van der Waals surface area contributed by atoms with Gasteiger partial charge in [-0.05, 0) is 56.7 Å². The lowest BCUT2D eigenvalue weighted by atomic mass is 10.1. The molecule has 3 nitrogen and oxygen atoms in total. The van der Waals surface area contributed by atoms with Crippen molar-refractivity contribution in [2.45, 2.75) is 32.8 Å². The first-order valence-corrected chi connectivity index (χ1v) is 6.34. The molecule has 0 heterocycles. The van der Waals surface area contributed by atoms with Gasteiger partial charge in [0, 0.05) is 5.69 Å². The number of carbonyl (C=O) groups excluding carboxylic acids is 1. The first-order chi connectivity index (χ1) is 8.31. The molecule has 0 unspecified atom stereocenters. The van der Waals surface area contributed by atoms with Crippen LogP contribution in [0.25, 0.3) is 0 Å². The minimum absolute atomic E-state index is 0.332. The van der Waals surface area contributed by atoms with Gasteiger partial charge < -0.3 is 4.74 Å². The molecule has 1 aromatic carbocycles. The number of amides is 1. The molecule has 5 heteroatoms. The summed E-state index contributed by atoms with van der Waals surface area (Å²) in [6.45, 7) is 5.35. The summed E-state index contributed by atoms with van der Waals surface area (Å²) in [5.74, 6) is 0.244. The summed E-state index contributed by atoms with van der Waals surface area (Å²) in [4.78, 5) is 11.6. The molecule has 0 spiro atoms. The molecule has 0 aliphatic heterocycles. The van der Waals surface area contributed by atoms with Crippen molar-refractivity contribution in [3.05, 3.63) is 29.6 Å². The summed E-state index contributed by atoms with van der Waals surface area (Å²) in [6, 6.07) is 4.22. The van der Waals surface area contributed by atoms with E-state index in [4.69, 9.17) is 4.74 Å². The maximum Gasteiger partial charge on any atom is 0.412 e. The van der Waals surface area contributed by atoms with Crippen LogP contribution in [-0.4, -0.2) is 17.4 Å². The second-order valence-corrected chi connectivity index (χ2v) is 5.35. The van der Waals surface area contributed by atoms with Gasteiger partial charge in [-0.15, -0.1) is 0 Å². The number of benzene rings is 1. The summed E-state index contributed by atoms with van der Waals surface area (Å²) in [5.41, 5.74) is 0.698. The number of halogens is 1. The zero-order valence-electron chi connectivity index (χ0n) is 10.8. The quantitative estimate of drug-likeness (QED) is 0.824. The molecule has 1 rings (SSSR count). The van der Waals surface area contributed by atoms with E-state index in [1.165, 1.54) is 18.2 Å². The van der Waals surface area contributed by atoms with E-state index in [0.717, 1.165) is 0 Å². The van der Waals surface area contributed by atoms with Crippen LogP contribution in [0.1, 0.15) is 26.3 Å². The predicted molar refractivity (Wildman–Crippen MR) is 73.8 cm³/mol. The van der Waals surface area contributed by atoms with Gasteiger partial charge in [0.25, 0.3) is 0 Å². The third kappa shape index (κ3) is 4.96. The molecule has 0 aromatic heterocycles. The normalized spacial score (nSPS) is 11.2. The third-order valence-electron chi connectivity index (χ3n) is 2.08. The van der Waals surface area contributed by atoms with Gasteiger partial charge in [-0.25, -0.2) is 9.18 Å². The summed E-state index contributed by atoms with van der Waals surface area (Å²) in [6.07, 6.45) is 0.0287. The lowest BCUT2D eigenvalue weighted by molar-refractivity contribution is 0.0636. The van der Waals surface area contributed by atoms with Gasteiger partial charge in [0.15, 0.2) is 0 Å². The lowest BCUT2D eigenvalue weighted by Gasteiger charge is -2.20. The van der Waals surface area contributed by atoms with Crippen molar-refractivity contribution >= 4 is 24.4 Å². The van der Waals surface area contributed by atoms with Gasteiger partial charge in [0.1, 0.15) is 11.4 Å². The number of hydrogen-bond donors (Lipinski definition) is 2. The van der Waals surface area contributed by atoms with E-state index in [9.17, 15) is 9.18 Å². The van der Waals surface area contributed by atoms with E-state index >= 15 is 0 Å². The molecule has 1 aromatic rings. The monoisotopic (exact) mass is 271 g/mol. The van der Waals surface area contributed by atoms with Crippen molar-refractivity contribution in [3.63, 3.8) is 0 Å². The first-order valence-electron chi connectivity index (χ1n) is 5.71. The van der Waals surface area contributed by atoms with Crippen LogP contribution in [0.5, 0.6) is 0 Å². The van der Waals surface area contributed by atoms with Gasteiger partial charge in [-0.3, -0.25) is 5.32 Å². The van der Waals surface area contributed by atoms with Crippen molar-refractivity contribution in [3.8, 4) is 0 Å². The van der Waals surface area contributed by atoms with Crippen LogP contribution >= 0.6 is 12.6 Å². The van der Waals surface area contributed by atoms with Gasteiger partial charge in [-0.1, -0.05) is 0 Å². The molecule has 1 amide bonds. The minimum atomic E-state index is -0.562. The number of aryl methyl sites for hydroxylation is 1. The molecule has 0 fully saturated rings. The summed E-state index contributed by atoms with van der Waals surface area (Å²) < 4.78 is 18.3. The SMILES string of the molecule is CC(C)(C)OC(=O)Nc1ccc(F)cc1CCS. The number of carbonyl (C=O) groups is 1. The fraction of sp³-hybridized carbons (Fsp3) is 0.462. The van der Waals surface area contributed by atoms with Crippen LogP contribution in [0, 0.1) is 5.82 Å². The molecular formula is C13H18FNO2S. The highest BCUT2D eigenvalue weighted by Crippen LogP contribution is 2.19. The van der Waals surface area contributed by atoms with E-state index in [2.05, 4.69) is 17.9 Å². The Morgan fingerprint density at radius 2 is 2.11 bits per heavy atom. The minimum Gasteiger partial charge on any atom is -0.444 e. The molecule has 0 radical (unpaired) electrons. The Morgan fingerprint density at radius 3 is 2.67 bits per heavy atom. The van der Waals surface area contributed by atoms with Crippen molar-refractivity contribution < 1.29 is 13.9 Å². The molecule has 0 saturated carbocycles. The molecule has 0 atom stereocenters. The Balaban J connectivity index is 2.80. The molecular weight excluding hydrogens is 253 g/mol. The smallest absolute Gasteiger partial charge is 0.412 e. The Labute approximate surface area is 112 Å². The summed E-state index contributed by atoms with van der Waals surface area (Å²) in [5, 5.41) is 2.62. The van der Waals surface area contributed by atoms with E-state index in [-0.39, 0.29) is 5.82 Å². The molecule has 1 N–H and O–H groups in total. The van der Waals surface area contributed by atoms with Crippen molar-refractivity contribution in [2.75, 3.05) is 11.1 Å². The molecule has 0 aliphatic carbocycles. The van der Waals surface area contributed by atoms with Crippen LogP contribution in [0.15, 0.2) is 18.2 Å². The second-order valence-electron chi connectivity index (χ2n) is 4.90. The van der Waals surface area contributed by atoms with Gasteiger partial charge in [0.05, 0.1) is 0 Å². The van der Waals surface area contributed by atoms with Crippen LogP contribution < -0.4 is 5.32 Å². The Bertz CT molecular complexity index is 429.